The molecule has 2 fully saturated rings. The molecule has 0 bridgehead atoms. The van der Waals surface area contributed by atoms with Crippen LogP contribution in [0.2, 0.25) is 0 Å². The number of fused-ring (bicyclic) bond motifs is 1. The second-order valence-electron chi connectivity index (χ2n) is 4.33. The Morgan fingerprint density at radius 2 is 2.25 bits per heavy atom. The minimum absolute atomic E-state index is 0.0440. The van der Waals surface area contributed by atoms with Crippen LogP contribution in [-0.2, 0) is 4.79 Å². The number of hydrogen-bond donors (Lipinski definition) is 3. The number of carbonyl (C=O) groups is 2. The number of nitrogens with one attached hydrogen (secondary N) is 2. The number of nitrogens with two attached hydrogens (primary N) is 1. The van der Waals surface area contributed by atoms with Crippen LogP contribution in [0.25, 0.3) is 0 Å². The van der Waals surface area contributed by atoms with Crippen molar-refractivity contribution in [1.29, 1.82) is 0 Å². The standard InChI is InChI=1S/C10H17N3O2S/c11-8(14)4-2-1-3-7-9-6(5-16-7)12-10(15)13-9/h6-7,9H,1-5H2,(H2,11,14)(H2,12,13,15). The maximum atomic E-state index is 11.1. The number of urea groups is 1. The molecule has 2 aliphatic heterocycles. The maximum Gasteiger partial charge on any atom is 0.315 e. The van der Waals surface area contributed by atoms with Gasteiger partial charge in [0, 0.05) is 17.4 Å². The van der Waals surface area contributed by atoms with Gasteiger partial charge in [0.05, 0.1) is 12.1 Å². The summed E-state index contributed by atoms with van der Waals surface area (Å²) in [6.07, 6.45) is 3.36. The van der Waals surface area contributed by atoms with Gasteiger partial charge in [-0.3, -0.25) is 4.79 Å². The van der Waals surface area contributed by atoms with Crippen molar-refractivity contribution < 1.29 is 9.59 Å². The molecule has 2 aliphatic rings. The Hall–Kier alpha value is -0.910. The van der Waals surface area contributed by atoms with Crippen molar-refractivity contribution in [3.63, 3.8) is 0 Å². The lowest BCUT2D eigenvalue weighted by Gasteiger charge is -2.16. The first-order valence-electron chi connectivity index (χ1n) is 5.64. The van der Waals surface area contributed by atoms with E-state index in [0.29, 0.717) is 17.7 Å². The Labute approximate surface area is 98.9 Å². The van der Waals surface area contributed by atoms with Gasteiger partial charge < -0.3 is 16.4 Å². The summed E-state index contributed by atoms with van der Waals surface area (Å²) in [4.78, 5) is 21.7. The van der Waals surface area contributed by atoms with Gasteiger partial charge in [0.25, 0.3) is 0 Å². The first kappa shape index (κ1) is 11.6. The second-order valence-corrected chi connectivity index (χ2v) is 5.61. The van der Waals surface area contributed by atoms with Crippen LogP contribution >= 0.6 is 11.8 Å². The van der Waals surface area contributed by atoms with Crippen molar-refractivity contribution in [3.05, 3.63) is 0 Å². The largest absolute Gasteiger partial charge is 0.370 e. The average Bonchev–Trinajstić information content (AvgIpc) is 2.72. The van der Waals surface area contributed by atoms with Gasteiger partial charge in [-0.05, 0) is 12.8 Å². The molecule has 3 atom stereocenters. The molecule has 0 saturated carbocycles. The number of primary amides is 1. The topological polar surface area (TPSA) is 84.2 Å². The molecule has 0 aromatic heterocycles. The quantitative estimate of drug-likeness (QED) is 0.476. The van der Waals surface area contributed by atoms with Gasteiger partial charge in [-0.15, -0.1) is 0 Å². The van der Waals surface area contributed by atoms with E-state index in [1.807, 2.05) is 11.8 Å². The van der Waals surface area contributed by atoms with Crippen molar-refractivity contribution in [3.8, 4) is 0 Å². The van der Waals surface area contributed by atoms with E-state index in [1.54, 1.807) is 0 Å². The van der Waals surface area contributed by atoms with E-state index in [4.69, 9.17) is 5.73 Å². The van der Waals surface area contributed by atoms with Crippen LogP contribution in [0.3, 0.4) is 0 Å². The van der Waals surface area contributed by atoms with Crippen LogP contribution in [0.15, 0.2) is 0 Å². The molecule has 6 heteroatoms. The van der Waals surface area contributed by atoms with Crippen molar-refractivity contribution in [2.45, 2.75) is 43.0 Å². The fraction of sp³-hybridized carbons (Fsp3) is 0.800. The van der Waals surface area contributed by atoms with Crippen molar-refractivity contribution >= 4 is 23.7 Å². The Kier molecular flexibility index (Phi) is 3.58. The highest BCUT2D eigenvalue weighted by Crippen LogP contribution is 2.33. The first-order valence-corrected chi connectivity index (χ1v) is 6.68. The molecule has 16 heavy (non-hydrogen) atoms. The highest BCUT2D eigenvalue weighted by Gasteiger charge is 2.42. The summed E-state index contributed by atoms with van der Waals surface area (Å²) in [6, 6.07) is 0.516. The summed E-state index contributed by atoms with van der Waals surface area (Å²) in [6.45, 7) is 0. The van der Waals surface area contributed by atoms with Crippen LogP contribution in [-0.4, -0.2) is 35.0 Å². The molecular formula is C10H17N3O2S. The molecular weight excluding hydrogens is 226 g/mol. The normalized spacial score (nSPS) is 32.0. The zero-order chi connectivity index (χ0) is 11.5. The third-order valence-electron chi connectivity index (χ3n) is 3.10. The lowest BCUT2D eigenvalue weighted by molar-refractivity contribution is -0.118. The van der Waals surface area contributed by atoms with Gasteiger partial charge in [0.2, 0.25) is 5.91 Å². The van der Waals surface area contributed by atoms with Gasteiger partial charge in [-0.2, -0.15) is 11.8 Å². The van der Waals surface area contributed by atoms with Crippen LogP contribution in [0, 0.1) is 0 Å². The molecule has 4 N–H and O–H groups in total. The molecule has 0 aromatic rings. The summed E-state index contributed by atoms with van der Waals surface area (Å²) in [5.74, 6) is 0.761. The fourth-order valence-electron chi connectivity index (χ4n) is 2.29. The fourth-order valence-corrected chi connectivity index (χ4v) is 3.83. The number of carbonyl (C=O) groups excluding carboxylic acids is 2. The zero-order valence-electron chi connectivity index (χ0n) is 9.07. The third kappa shape index (κ3) is 2.61. The monoisotopic (exact) mass is 243 g/mol. The molecule has 3 amide bonds. The van der Waals surface area contributed by atoms with Crippen LogP contribution in [0.5, 0.6) is 0 Å². The zero-order valence-corrected chi connectivity index (χ0v) is 9.89. The number of unbranched alkanes of at least 4 members (excludes halogenated alkanes) is 1. The molecule has 2 saturated heterocycles. The predicted octanol–water partition coefficient (Wildman–Crippen LogP) is 0.197. The molecule has 0 aliphatic carbocycles. The van der Waals surface area contributed by atoms with Gasteiger partial charge >= 0.3 is 6.03 Å². The Morgan fingerprint density at radius 1 is 1.44 bits per heavy atom. The summed E-state index contributed by atoms with van der Waals surface area (Å²) in [7, 11) is 0. The SMILES string of the molecule is NC(=O)CCCCC1SCC2NC(=O)NC21. The maximum absolute atomic E-state index is 11.1. The van der Waals surface area contributed by atoms with E-state index >= 15 is 0 Å². The molecule has 2 rings (SSSR count). The summed E-state index contributed by atoms with van der Waals surface area (Å²) >= 11 is 1.90. The molecule has 2 heterocycles. The van der Waals surface area contributed by atoms with E-state index in [-0.39, 0.29) is 18.0 Å². The van der Waals surface area contributed by atoms with E-state index < -0.39 is 0 Å². The second kappa shape index (κ2) is 4.95. The van der Waals surface area contributed by atoms with Crippen molar-refractivity contribution in [2.24, 2.45) is 5.73 Å². The van der Waals surface area contributed by atoms with Gasteiger partial charge in [0.1, 0.15) is 0 Å². The molecule has 3 unspecified atom stereocenters. The van der Waals surface area contributed by atoms with Crippen molar-refractivity contribution in [1.82, 2.24) is 10.6 Å². The number of amides is 3. The van der Waals surface area contributed by atoms with E-state index in [0.717, 1.165) is 25.0 Å². The third-order valence-corrected chi connectivity index (χ3v) is 4.61. The highest BCUT2D eigenvalue weighted by molar-refractivity contribution is 8.00. The number of hydrogen-bond acceptors (Lipinski definition) is 3. The minimum atomic E-state index is -0.229. The van der Waals surface area contributed by atoms with E-state index in [1.165, 1.54) is 0 Å². The highest BCUT2D eigenvalue weighted by atomic mass is 32.2. The van der Waals surface area contributed by atoms with E-state index in [9.17, 15) is 9.59 Å². The van der Waals surface area contributed by atoms with Crippen LogP contribution in [0.1, 0.15) is 25.7 Å². The number of thioether (sulfide) groups is 1. The van der Waals surface area contributed by atoms with Gasteiger partial charge in [-0.1, -0.05) is 6.42 Å². The van der Waals surface area contributed by atoms with Gasteiger partial charge in [0.15, 0.2) is 0 Å². The lowest BCUT2D eigenvalue weighted by atomic mass is 10.0. The lowest BCUT2D eigenvalue weighted by Crippen LogP contribution is -2.36. The smallest absolute Gasteiger partial charge is 0.315 e. The predicted molar refractivity (Wildman–Crippen MR) is 63.2 cm³/mol. The summed E-state index contributed by atoms with van der Waals surface area (Å²) in [5.41, 5.74) is 5.08. The first-order chi connectivity index (χ1) is 7.66. The van der Waals surface area contributed by atoms with Crippen LogP contribution < -0.4 is 16.4 Å². The van der Waals surface area contributed by atoms with E-state index in [2.05, 4.69) is 10.6 Å². The van der Waals surface area contributed by atoms with Gasteiger partial charge in [-0.25, -0.2) is 4.79 Å². The Bertz CT molecular complexity index is 298. The minimum Gasteiger partial charge on any atom is -0.370 e. The molecule has 5 nitrogen and oxygen atoms in total. The molecule has 90 valence electrons. The molecule has 0 aromatic carbocycles. The van der Waals surface area contributed by atoms with Crippen LogP contribution in [0.4, 0.5) is 4.79 Å². The summed E-state index contributed by atoms with van der Waals surface area (Å²) in [5, 5.41) is 6.35. The summed E-state index contributed by atoms with van der Waals surface area (Å²) < 4.78 is 0. The number of rotatable bonds is 5. The molecule has 0 radical (unpaired) electrons. The van der Waals surface area contributed by atoms with Crippen molar-refractivity contribution in [2.75, 3.05) is 5.75 Å². The molecule has 0 spiro atoms. The Balaban J connectivity index is 1.70. The average molecular weight is 243 g/mol. The Morgan fingerprint density at radius 3 is 3.00 bits per heavy atom.